The van der Waals surface area contributed by atoms with E-state index in [1.165, 1.54) is 10.4 Å². The molecule has 1 amide bonds. The third kappa shape index (κ3) is 5.47. The number of amides is 1. The number of benzene rings is 2. The van der Waals surface area contributed by atoms with E-state index in [4.69, 9.17) is 16.3 Å². The number of aryl methyl sites for hydroxylation is 2. The first-order valence-electron chi connectivity index (χ1n) is 10.7. The molecule has 0 aliphatic carbocycles. The van der Waals surface area contributed by atoms with Gasteiger partial charge in [-0.05, 0) is 74.6 Å². The summed E-state index contributed by atoms with van der Waals surface area (Å²) in [5.74, 6) is -0.344. The molecule has 1 aliphatic heterocycles. The van der Waals surface area contributed by atoms with Crippen LogP contribution in [0.5, 0.6) is 5.75 Å². The molecule has 2 aromatic carbocycles. The van der Waals surface area contributed by atoms with E-state index in [-0.39, 0.29) is 23.1 Å². The smallest absolute Gasteiger partial charge is 0.246 e. The molecule has 0 radical (unpaired) electrons. The fourth-order valence-electron chi connectivity index (χ4n) is 3.97. The Labute approximate surface area is 203 Å². The number of hydrogen-bond acceptors (Lipinski definition) is 4. The molecule has 32 heavy (non-hydrogen) atoms. The van der Waals surface area contributed by atoms with Crippen LogP contribution < -0.4 is 10.1 Å². The van der Waals surface area contributed by atoms with E-state index < -0.39 is 15.9 Å². The number of rotatable bonds is 7. The minimum absolute atomic E-state index is 0.0323. The average Bonchev–Trinajstić information content (AvgIpc) is 2.76. The van der Waals surface area contributed by atoms with Gasteiger partial charge in [0.1, 0.15) is 10.6 Å². The van der Waals surface area contributed by atoms with Gasteiger partial charge in [0.05, 0.1) is 12.5 Å². The Morgan fingerprint density at radius 3 is 2.72 bits per heavy atom. The molecule has 0 bridgehead atoms. The Kier molecular flexibility index (Phi) is 8.25. The first-order chi connectivity index (χ1) is 15.2. The third-order valence-corrected chi connectivity index (χ3v) is 8.17. The number of nitrogens with zero attached hydrogens (tertiary/aromatic N) is 1. The van der Waals surface area contributed by atoms with Crippen LogP contribution in [0.15, 0.2) is 39.7 Å². The highest BCUT2D eigenvalue weighted by Crippen LogP contribution is 2.33. The Balaban J connectivity index is 1.83. The average molecular weight is 544 g/mol. The molecule has 1 aliphatic rings. The predicted molar refractivity (Wildman–Crippen MR) is 131 cm³/mol. The van der Waals surface area contributed by atoms with E-state index >= 15 is 0 Å². The van der Waals surface area contributed by atoms with Crippen LogP contribution in [0.4, 0.5) is 5.69 Å². The van der Waals surface area contributed by atoms with Gasteiger partial charge in [-0.15, -0.1) is 0 Å². The topological polar surface area (TPSA) is 75.7 Å². The van der Waals surface area contributed by atoms with Crippen LogP contribution in [0, 0.1) is 12.8 Å². The second-order valence-electron chi connectivity index (χ2n) is 7.83. The number of nitrogens with one attached hydrogen (secondary N) is 1. The lowest BCUT2D eigenvalue weighted by atomic mass is 9.98. The normalized spacial score (nSPS) is 17.2. The predicted octanol–water partition coefficient (Wildman–Crippen LogP) is 5.41. The summed E-state index contributed by atoms with van der Waals surface area (Å²) in [4.78, 5) is 13.1. The van der Waals surface area contributed by atoms with Gasteiger partial charge in [0, 0.05) is 28.3 Å². The summed E-state index contributed by atoms with van der Waals surface area (Å²) in [6.07, 6.45) is 2.00. The molecule has 0 unspecified atom stereocenters. The molecule has 9 heteroatoms. The zero-order chi connectivity index (χ0) is 23.5. The molecule has 3 rings (SSSR count). The fourth-order valence-corrected chi connectivity index (χ4v) is 6.50. The van der Waals surface area contributed by atoms with Gasteiger partial charge < -0.3 is 10.1 Å². The summed E-state index contributed by atoms with van der Waals surface area (Å²) in [6.45, 7) is 6.58. The molecule has 2 aromatic rings. The highest BCUT2D eigenvalue weighted by Gasteiger charge is 2.35. The lowest BCUT2D eigenvalue weighted by Gasteiger charge is -2.32. The third-order valence-electron chi connectivity index (χ3n) is 5.59. The van der Waals surface area contributed by atoms with Crippen LogP contribution in [-0.2, 0) is 21.2 Å². The lowest BCUT2D eigenvalue weighted by molar-refractivity contribution is -0.120. The van der Waals surface area contributed by atoms with Gasteiger partial charge in [-0.3, -0.25) is 4.79 Å². The molecule has 0 saturated carbocycles. The maximum atomic E-state index is 13.4. The Hall–Kier alpha value is -1.61. The molecule has 1 heterocycles. The van der Waals surface area contributed by atoms with Crippen molar-refractivity contribution in [1.29, 1.82) is 0 Å². The molecule has 1 N–H and O–H groups in total. The van der Waals surface area contributed by atoms with Crippen molar-refractivity contribution in [3.8, 4) is 5.75 Å². The molecule has 1 atom stereocenters. The van der Waals surface area contributed by atoms with Gasteiger partial charge in [-0.25, -0.2) is 8.42 Å². The van der Waals surface area contributed by atoms with E-state index in [1.807, 2.05) is 26.0 Å². The van der Waals surface area contributed by atoms with Gasteiger partial charge >= 0.3 is 0 Å². The minimum Gasteiger partial charge on any atom is -0.492 e. The van der Waals surface area contributed by atoms with E-state index in [1.54, 1.807) is 19.1 Å². The van der Waals surface area contributed by atoms with Crippen molar-refractivity contribution in [3.63, 3.8) is 0 Å². The summed E-state index contributed by atoms with van der Waals surface area (Å²) in [5, 5.41) is 3.37. The number of hydrogen-bond donors (Lipinski definition) is 1. The van der Waals surface area contributed by atoms with Gasteiger partial charge in [0.15, 0.2) is 0 Å². The van der Waals surface area contributed by atoms with Gasteiger partial charge in [-0.1, -0.05) is 34.5 Å². The maximum absolute atomic E-state index is 13.4. The monoisotopic (exact) mass is 542 g/mol. The fraction of sp³-hybridized carbons (Fsp3) is 0.435. The minimum atomic E-state index is -3.87. The number of piperidine rings is 1. The number of sulfonamides is 1. The highest BCUT2D eigenvalue weighted by atomic mass is 79.9. The molecule has 6 nitrogen and oxygen atoms in total. The first kappa shape index (κ1) is 25.0. The Morgan fingerprint density at radius 1 is 1.28 bits per heavy atom. The van der Waals surface area contributed by atoms with Gasteiger partial charge in [0.2, 0.25) is 15.9 Å². The van der Waals surface area contributed by atoms with Crippen LogP contribution in [0.2, 0.25) is 5.02 Å². The largest absolute Gasteiger partial charge is 0.492 e. The Bertz CT molecular complexity index is 1110. The molecular formula is C23H28BrClN2O4S. The highest BCUT2D eigenvalue weighted by molar-refractivity contribution is 9.10. The number of halogens is 2. The summed E-state index contributed by atoms with van der Waals surface area (Å²) < 4.78 is 34.7. The molecule has 174 valence electrons. The van der Waals surface area contributed by atoms with Crippen LogP contribution >= 0.6 is 27.5 Å². The summed E-state index contributed by atoms with van der Waals surface area (Å²) in [7, 11) is -3.87. The second-order valence-corrected chi connectivity index (χ2v) is 11.1. The standard InChI is InChI=1S/C23H28BrClN2O4S/c1-4-16-12-18(24)11-15(3)22(16)26-23(28)17-7-6-10-27(14-17)32(29,30)21-13-19(25)8-9-20(21)31-5-2/h8-9,11-13,17H,4-7,10,14H2,1-3H3,(H,26,28)/t17-/m1/s1. The molecule has 0 aromatic heterocycles. The van der Waals surface area contributed by atoms with Crippen molar-refractivity contribution in [2.75, 3.05) is 25.0 Å². The Morgan fingerprint density at radius 2 is 2.03 bits per heavy atom. The van der Waals surface area contributed by atoms with Crippen molar-refractivity contribution in [2.24, 2.45) is 5.92 Å². The van der Waals surface area contributed by atoms with Gasteiger partial charge in [0.25, 0.3) is 0 Å². The van der Waals surface area contributed by atoms with Crippen LogP contribution in [0.25, 0.3) is 0 Å². The zero-order valence-electron chi connectivity index (χ0n) is 18.5. The number of carbonyl (C=O) groups excluding carboxylic acids is 1. The van der Waals surface area contributed by atoms with Crippen molar-refractivity contribution in [1.82, 2.24) is 4.31 Å². The second kappa shape index (κ2) is 10.5. The SMILES string of the molecule is CCOc1ccc(Cl)cc1S(=O)(=O)N1CCC[C@@H](C(=O)Nc2c(C)cc(Br)cc2CC)C1. The van der Waals surface area contributed by atoms with E-state index in [2.05, 4.69) is 21.2 Å². The van der Waals surface area contributed by atoms with Crippen molar-refractivity contribution in [2.45, 2.75) is 44.9 Å². The van der Waals surface area contributed by atoms with Crippen LogP contribution in [0.3, 0.4) is 0 Å². The van der Waals surface area contributed by atoms with Crippen molar-refractivity contribution in [3.05, 3.63) is 51.0 Å². The van der Waals surface area contributed by atoms with E-state index in [9.17, 15) is 13.2 Å². The number of carbonyl (C=O) groups is 1. The van der Waals surface area contributed by atoms with Crippen molar-refractivity contribution >= 4 is 49.1 Å². The van der Waals surface area contributed by atoms with Gasteiger partial charge in [-0.2, -0.15) is 4.31 Å². The van der Waals surface area contributed by atoms with E-state index in [0.29, 0.717) is 31.0 Å². The van der Waals surface area contributed by atoms with E-state index in [0.717, 1.165) is 27.7 Å². The summed E-state index contributed by atoms with van der Waals surface area (Å²) in [5.41, 5.74) is 2.80. The van der Waals surface area contributed by atoms with Crippen LogP contribution in [-0.4, -0.2) is 38.3 Å². The molecular weight excluding hydrogens is 516 g/mol. The van der Waals surface area contributed by atoms with Crippen molar-refractivity contribution < 1.29 is 17.9 Å². The number of anilines is 1. The maximum Gasteiger partial charge on any atom is 0.246 e. The molecule has 1 saturated heterocycles. The van der Waals surface area contributed by atoms with Crippen LogP contribution in [0.1, 0.15) is 37.8 Å². The zero-order valence-corrected chi connectivity index (χ0v) is 21.6. The molecule has 1 fully saturated rings. The first-order valence-corrected chi connectivity index (χ1v) is 13.3. The quantitative estimate of drug-likeness (QED) is 0.507. The lowest BCUT2D eigenvalue weighted by Crippen LogP contribution is -2.43. The summed E-state index contributed by atoms with van der Waals surface area (Å²) >= 11 is 9.58. The molecule has 0 spiro atoms. The summed E-state index contributed by atoms with van der Waals surface area (Å²) in [6, 6.07) is 8.53. The number of ether oxygens (including phenoxy) is 1.